The van der Waals surface area contributed by atoms with Gasteiger partial charge in [-0.05, 0) is 51.7 Å². The van der Waals surface area contributed by atoms with Crippen LogP contribution in [0.1, 0.15) is 103 Å². The maximum absolute atomic E-state index is 12.4. The molecule has 0 saturated carbocycles. The second kappa shape index (κ2) is 34.1. The molecule has 0 spiro atoms. The number of nitrogens with two attached hydrogens (primary N) is 3. The first kappa shape index (κ1) is 48.6. The number of hydrogen-bond acceptors (Lipinski definition) is 13. The second-order valence-corrected chi connectivity index (χ2v) is 13.3. The van der Waals surface area contributed by atoms with Gasteiger partial charge in [-0.3, -0.25) is 19.2 Å². The summed E-state index contributed by atoms with van der Waals surface area (Å²) in [5.74, 6) is -0.589. The minimum Gasteiger partial charge on any atom is -0.469 e. The van der Waals surface area contributed by atoms with Gasteiger partial charge in [0, 0.05) is 51.9 Å². The summed E-state index contributed by atoms with van der Waals surface area (Å²) >= 11 is 0. The maximum Gasteiger partial charge on any atom is 0.305 e. The molecule has 16 heteroatoms. The molecule has 1 heterocycles. The maximum atomic E-state index is 12.4. The molecule has 4 atom stereocenters. The predicted molar refractivity (Wildman–Crippen MR) is 202 cm³/mol. The van der Waals surface area contributed by atoms with Gasteiger partial charge < -0.3 is 61.6 Å². The van der Waals surface area contributed by atoms with Crippen molar-refractivity contribution in [2.45, 2.75) is 127 Å². The summed E-state index contributed by atoms with van der Waals surface area (Å²) < 4.78 is 35.7. The number of rotatable bonds is 35. The van der Waals surface area contributed by atoms with Crippen molar-refractivity contribution in [2.75, 3.05) is 86.0 Å². The zero-order valence-electron chi connectivity index (χ0n) is 32.4. The molecule has 1 aliphatic heterocycles. The molecule has 16 nitrogen and oxygen atoms in total. The summed E-state index contributed by atoms with van der Waals surface area (Å²) in [6.07, 6.45) is 10.3. The second-order valence-electron chi connectivity index (χ2n) is 13.3. The smallest absolute Gasteiger partial charge is 0.305 e. The van der Waals surface area contributed by atoms with Gasteiger partial charge in [-0.25, -0.2) is 0 Å². The molecule has 3 amide bonds. The number of nitrogens with one attached hydrogen (secondary N) is 3. The monoisotopic (exact) mass is 761 g/mol. The summed E-state index contributed by atoms with van der Waals surface area (Å²) in [5, 5.41) is 8.49. The highest BCUT2D eigenvalue weighted by atomic mass is 16.6. The van der Waals surface area contributed by atoms with E-state index in [2.05, 4.69) is 20.7 Å². The van der Waals surface area contributed by atoms with Crippen molar-refractivity contribution in [1.29, 1.82) is 0 Å². The molecule has 0 aliphatic carbocycles. The van der Waals surface area contributed by atoms with Gasteiger partial charge in [-0.1, -0.05) is 44.9 Å². The molecule has 0 bridgehead atoms. The molecule has 53 heavy (non-hydrogen) atoms. The molecule has 0 aromatic heterocycles. The van der Waals surface area contributed by atoms with Crippen molar-refractivity contribution in [1.82, 2.24) is 16.0 Å². The molecule has 1 saturated heterocycles. The van der Waals surface area contributed by atoms with Gasteiger partial charge in [-0.15, -0.1) is 0 Å². The van der Waals surface area contributed by atoms with Crippen molar-refractivity contribution in [3.05, 3.63) is 0 Å². The van der Waals surface area contributed by atoms with Crippen LogP contribution >= 0.6 is 0 Å². The highest BCUT2D eigenvalue weighted by Crippen LogP contribution is 2.25. The fourth-order valence-electron chi connectivity index (χ4n) is 5.67. The van der Waals surface area contributed by atoms with Crippen LogP contribution < -0.4 is 33.2 Å². The van der Waals surface area contributed by atoms with Crippen LogP contribution in [0.15, 0.2) is 0 Å². The van der Waals surface area contributed by atoms with E-state index in [9.17, 15) is 19.2 Å². The van der Waals surface area contributed by atoms with E-state index in [1.165, 1.54) is 26.4 Å². The molecule has 1 rings (SSSR count). The number of unbranched alkanes of at least 4 members (excludes halogenated alkanes) is 8. The fraction of sp³-hybridized carbons (Fsp3) is 0.892. The van der Waals surface area contributed by atoms with Crippen molar-refractivity contribution < 1.29 is 47.6 Å². The summed E-state index contributed by atoms with van der Waals surface area (Å²) in [7, 11) is 1.42. The van der Waals surface area contributed by atoms with Gasteiger partial charge in [0.2, 0.25) is 17.7 Å². The number of carbonyl (C=O) groups is 4. The Balaban J connectivity index is 2.74. The van der Waals surface area contributed by atoms with Crippen molar-refractivity contribution in [2.24, 2.45) is 17.2 Å². The Kier molecular flexibility index (Phi) is 31.2. The molecular formula is C37H72N6O10. The van der Waals surface area contributed by atoms with Crippen LogP contribution in [0.2, 0.25) is 0 Å². The van der Waals surface area contributed by atoms with Gasteiger partial charge >= 0.3 is 5.97 Å². The standard InChI is InChI=1S/C37H72N6O10/c1-48-35(47)14-9-7-5-3-2-4-6-8-10-24-49-28-30-36(51-26-16-33(45)42-22-12-19-39)37(52-27-17-34(46)43-23-13-20-40)31(29-53-30)50-25-15-32(44)41-21-11-18-38/h30-31,36-37H,2-29,38-40H2,1H3,(H,41,44)(H,42,45)(H,43,46)/t30-,31+,36-,37-/m1/s1. The Morgan fingerprint density at radius 2 is 1.02 bits per heavy atom. The van der Waals surface area contributed by atoms with E-state index in [-0.39, 0.29) is 76.0 Å². The van der Waals surface area contributed by atoms with Crippen LogP contribution in [0.5, 0.6) is 0 Å². The molecule has 0 aromatic carbocycles. The number of ether oxygens (including phenoxy) is 6. The van der Waals surface area contributed by atoms with E-state index < -0.39 is 24.4 Å². The van der Waals surface area contributed by atoms with Crippen LogP contribution in [0, 0.1) is 0 Å². The van der Waals surface area contributed by atoms with Gasteiger partial charge in [0.15, 0.2) is 0 Å². The molecule has 1 aliphatic rings. The molecule has 310 valence electrons. The van der Waals surface area contributed by atoms with E-state index in [1.807, 2.05) is 0 Å². The summed E-state index contributed by atoms with van der Waals surface area (Å²) in [5.41, 5.74) is 16.6. The number of carbonyl (C=O) groups excluding carboxylic acids is 4. The first-order valence-electron chi connectivity index (χ1n) is 19.9. The Hall–Kier alpha value is -2.44. The van der Waals surface area contributed by atoms with Crippen molar-refractivity contribution in [3.63, 3.8) is 0 Å². The third kappa shape index (κ3) is 26.1. The Labute approximate surface area is 317 Å². The lowest BCUT2D eigenvalue weighted by atomic mass is 9.99. The number of methoxy groups -OCH3 is 1. The van der Waals surface area contributed by atoms with E-state index in [0.717, 1.165) is 38.5 Å². The summed E-state index contributed by atoms with van der Waals surface area (Å²) in [4.78, 5) is 48.3. The van der Waals surface area contributed by atoms with Crippen LogP contribution in [0.25, 0.3) is 0 Å². The average Bonchev–Trinajstić information content (AvgIpc) is 3.15. The van der Waals surface area contributed by atoms with Crippen molar-refractivity contribution >= 4 is 23.7 Å². The largest absolute Gasteiger partial charge is 0.469 e. The lowest BCUT2D eigenvalue weighted by molar-refractivity contribution is -0.238. The lowest BCUT2D eigenvalue weighted by Gasteiger charge is -2.42. The van der Waals surface area contributed by atoms with E-state index in [0.29, 0.717) is 71.6 Å². The normalized spacial score (nSPS) is 18.4. The third-order valence-corrected chi connectivity index (χ3v) is 8.76. The minimum absolute atomic E-state index is 0.110. The number of esters is 1. The SMILES string of the molecule is COC(=O)CCCCCCCCCCCOC[C@H]1OC[C@H](OCCC(=O)NCCCN)[C@@H](OCCC(=O)NCCCN)[C@@H]1OCCC(=O)NCCCN. The van der Waals surface area contributed by atoms with Crippen LogP contribution in [0.4, 0.5) is 0 Å². The van der Waals surface area contributed by atoms with Gasteiger partial charge in [0.25, 0.3) is 0 Å². The van der Waals surface area contributed by atoms with Crippen molar-refractivity contribution in [3.8, 4) is 0 Å². The topological polar surface area (TPSA) is 238 Å². The first-order valence-corrected chi connectivity index (χ1v) is 19.9. The molecule has 0 radical (unpaired) electrons. The van der Waals surface area contributed by atoms with Gasteiger partial charge in [0.1, 0.15) is 24.4 Å². The summed E-state index contributed by atoms with van der Waals surface area (Å²) in [6, 6.07) is 0. The zero-order valence-corrected chi connectivity index (χ0v) is 32.4. The number of hydrogen-bond donors (Lipinski definition) is 6. The molecule has 1 fully saturated rings. The predicted octanol–water partition coefficient (Wildman–Crippen LogP) is 1.20. The molecule has 9 N–H and O–H groups in total. The molecular weight excluding hydrogens is 688 g/mol. The molecule has 0 unspecified atom stereocenters. The van der Waals surface area contributed by atoms with Crippen LogP contribution in [0.3, 0.4) is 0 Å². The fourth-order valence-corrected chi connectivity index (χ4v) is 5.67. The van der Waals surface area contributed by atoms with Crippen LogP contribution in [-0.4, -0.2) is 134 Å². The van der Waals surface area contributed by atoms with E-state index >= 15 is 0 Å². The third-order valence-electron chi connectivity index (χ3n) is 8.76. The van der Waals surface area contributed by atoms with Gasteiger partial charge in [0.05, 0.1) is 40.1 Å². The lowest BCUT2D eigenvalue weighted by Crippen LogP contribution is -2.58. The van der Waals surface area contributed by atoms with E-state index in [4.69, 9.17) is 40.9 Å². The minimum atomic E-state index is -0.656. The Morgan fingerprint density at radius 3 is 1.51 bits per heavy atom. The Morgan fingerprint density at radius 1 is 0.566 bits per heavy atom. The summed E-state index contributed by atoms with van der Waals surface area (Å²) in [6.45, 7) is 4.30. The highest BCUT2D eigenvalue weighted by Gasteiger charge is 2.43. The zero-order chi connectivity index (χ0) is 38.8. The van der Waals surface area contributed by atoms with E-state index in [1.54, 1.807) is 0 Å². The van der Waals surface area contributed by atoms with Gasteiger partial charge in [-0.2, -0.15) is 0 Å². The quantitative estimate of drug-likeness (QED) is 0.0394. The Bertz CT molecular complexity index is 950. The van der Waals surface area contributed by atoms with Crippen LogP contribution in [-0.2, 0) is 47.6 Å². The first-order chi connectivity index (χ1) is 25.9. The highest BCUT2D eigenvalue weighted by molar-refractivity contribution is 5.76. The molecule has 0 aromatic rings. The number of amides is 3. The average molecular weight is 761 g/mol.